The lowest BCUT2D eigenvalue weighted by molar-refractivity contribution is -0.134. The van der Waals surface area contributed by atoms with Crippen molar-refractivity contribution < 1.29 is 14.3 Å². The molecule has 4 rings (SSSR count). The van der Waals surface area contributed by atoms with E-state index in [0.29, 0.717) is 36.0 Å². The fraction of sp³-hybridized carbons (Fsp3) is 0.500. The van der Waals surface area contributed by atoms with Crippen LogP contribution in [0.1, 0.15) is 41.9 Å². The van der Waals surface area contributed by atoms with E-state index < -0.39 is 0 Å². The molecule has 0 radical (unpaired) electrons. The molecule has 154 valence electrons. The molecule has 9 heteroatoms. The molecule has 0 bridgehead atoms. The SMILES string of the molecule is Nc1n[nH]c(CCNC(=O)c2cccc(OC3CCN(C(=O)C4CC4)CC3)c2)n1. The zero-order chi connectivity index (χ0) is 20.2. The molecule has 1 aromatic heterocycles. The van der Waals surface area contributed by atoms with Gasteiger partial charge in [0.2, 0.25) is 11.9 Å². The van der Waals surface area contributed by atoms with E-state index >= 15 is 0 Å². The second kappa shape index (κ2) is 8.50. The Morgan fingerprint density at radius 3 is 2.72 bits per heavy atom. The number of aromatic amines is 1. The summed E-state index contributed by atoms with van der Waals surface area (Å²) in [4.78, 5) is 30.5. The Labute approximate surface area is 169 Å². The molecule has 2 fully saturated rings. The number of anilines is 1. The first-order valence-electron chi connectivity index (χ1n) is 10.1. The Kier molecular flexibility index (Phi) is 5.64. The molecular formula is C20H26N6O3. The number of amides is 2. The number of H-pyrrole nitrogens is 1. The Morgan fingerprint density at radius 1 is 1.24 bits per heavy atom. The van der Waals surface area contributed by atoms with E-state index in [1.807, 2.05) is 17.0 Å². The first kappa shape index (κ1) is 19.2. The second-order valence-electron chi connectivity index (χ2n) is 7.59. The molecule has 2 aromatic rings. The highest BCUT2D eigenvalue weighted by Crippen LogP contribution is 2.32. The van der Waals surface area contributed by atoms with Crippen molar-refractivity contribution in [3.8, 4) is 5.75 Å². The zero-order valence-corrected chi connectivity index (χ0v) is 16.3. The number of benzene rings is 1. The van der Waals surface area contributed by atoms with Gasteiger partial charge in [0.25, 0.3) is 5.91 Å². The first-order valence-corrected chi connectivity index (χ1v) is 10.1. The van der Waals surface area contributed by atoms with Gasteiger partial charge in [-0.25, -0.2) is 0 Å². The minimum Gasteiger partial charge on any atom is -0.490 e. The quantitative estimate of drug-likeness (QED) is 0.642. The average molecular weight is 398 g/mol. The first-order chi connectivity index (χ1) is 14.1. The van der Waals surface area contributed by atoms with Crippen LogP contribution in [-0.2, 0) is 11.2 Å². The Morgan fingerprint density at radius 2 is 2.03 bits per heavy atom. The molecule has 9 nitrogen and oxygen atoms in total. The monoisotopic (exact) mass is 398 g/mol. The zero-order valence-electron chi connectivity index (χ0n) is 16.3. The van der Waals surface area contributed by atoms with Gasteiger partial charge in [0.1, 0.15) is 17.7 Å². The number of nitrogens with one attached hydrogen (secondary N) is 2. The highest BCUT2D eigenvalue weighted by molar-refractivity contribution is 5.94. The van der Waals surface area contributed by atoms with E-state index in [2.05, 4.69) is 20.5 Å². The van der Waals surface area contributed by atoms with Gasteiger partial charge >= 0.3 is 0 Å². The Bertz CT molecular complexity index is 871. The number of carbonyl (C=O) groups is 2. The van der Waals surface area contributed by atoms with Gasteiger partial charge in [0.15, 0.2) is 0 Å². The van der Waals surface area contributed by atoms with E-state index in [1.165, 1.54) is 0 Å². The lowest BCUT2D eigenvalue weighted by Gasteiger charge is -2.32. The topological polar surface area (TPSA) is 126 Å². The summed E-state index contributed by atoms with van der Waals surface area (Å²) in [6.07, 6.45) is 4.29. The standard InChI is InChI=1S/C20H26N6O3/c21-20-23-17(24-25-20)6-9-22-18(27)14-2-1-3-16(12-14)29-15-7-10-26(11-8-15)19(28)13-4-5-13/h1-3,12-13,15H,4-11H2,(H,22,27)(H3,21,23,24,25). The fourth-order valence-electron chi connectivity index (χ4n) is 3.50. The molecule has 1 aliphatic heterocycles. The van der Waals surface area contributed by atoms with E-state index in [4.69, 9.17) is 10.5 Å². The molecule has 1 saturated carbocycles. The molecule has 1 saturated heterocycles. The van der Waals surface area contributed by atoms with Gasteiger partial charge < -0.3 is 20.7 Å². The maximum Gasteiger partial charge on any atom is 0.251 e. The Balaban J connectivity index is 1.25. The summed E-state index contributed by atoms with van der Waals surface area (Å²) in [7, 11) is 0. The summed E-state index contributed by atoms with van der Waals surface area (Å²) >= 11 is 0. The van der Waals surface area contributed by atoms with Gasteiger partial charge in [-0.1, -0.05) is 6.07 Å². The number of hydrogen-bond acceptors (Lipinski definition) is 6. The number of nitrogens with zero attached hydrogens (tertiary/aromatic N) is 3. The van der Waals surface area contributed by atoms with Crippen LogP contribution in [0.3, 0.4) is 0 Å². The molecule has 29 heavy (non-hydrogen) atoms. The highest BCUT2D eigenvalue weighted by Gasteiger charge is 2.35. The van der Waals surface area contributed by atoms with E-state index in [1.54, 1.807) is 12.1 Å². The number of hydrogen-bond donors (Lipinski definition) is 3. The maximum atomic E-state index is 12.4. The van der Waals surface area contributed by atoms with Crippen molar-refractivity contribution in [1.82, 2.24) is 25.4 Å². The fourth-order valence-corrected chi connectivity index (χ4v) is 3.50. The number of rotatable bonds is 7. The molecule has 1 aliphatic carbocycles. The lowest BCUT2D eigenvalue weighted by atomic mass is 10.1. The third-order valence-corrected chi connectivity index (χ3v) is 5.28. The van der Waals surface area contributed by atoms with Crippen LogP contribution in [0.4, 0.5) is 5.95 Å². The van der Waals surface area contributed by atoms with Crippen molar-refractivity contribution in [3.63, 3.8) is 0 Å². The summed E-state index contributed by atoms with van der Waals surface area (Å²) in [5, 5.41) is 9.32. The van der Waals surface area contributed by atoms with Gasteiger partial charge in [-0.2, -0.15) is 4.98 Å². The van der Waals surface area contributed by atoms with Gasteiger partial charge in [-0.05, 0) is 31.0 Å². The van der Waals surface area contributed by atoms with Crippen molar-refractivity contribution in [2.45, 2.75) is 38.2 Å². The van der Waals surface area contributed by atoms with Crippen LogP contribution in [0.15, 0.2) is 24.3 Å². The number of ether oxygens (including phenoxy) is 1. The van der Waals surface area contributed by atoms with Crippen molar-refractivity contribution >= 4 is 17.8 Å². The normalized spacial score (nSPS) is 17.2. The van der Waals surface area contributed by atoms with Crippen LogP contribution in [0.25, 0.3) is 0 Å². The highest BCUT2D eigenvalue weighted by atomic mass is 16.5. The van der Waals surface area contributed by atoms with Crippen LogP contribution in [-0.4, -0.2) is 57.6 Å². The number of nitrogens with two attached hydrogens (primary N) is 1. The van der Waals surface area contributed by atoms with Crippen molar-refractivity contribution in [1.29, 1.82) is 0 Å². The summed E-state index contributed by atoms with van der Waals surface area (Å²) in [6, 6.07) is 7.18. The summed E-state index contributed by atoms with van der Waals surface area (Å²) in [6.45, 7) is 1.91. The summed E-state index contributed by atoms with van der Waals surface area (Å²) in [5.74, 6) is 1.89. The molecule has 0 atom stereocenters. The summed E-state index contributed by atoms with van der Waals surface area (Å²) in [5.41, 5.74) is 6.00. The number of aromatic nitrogens is 3. The van der Waals surface area contributed by atoms with Crippen LogP contribution in [0.2, 0.25) is 0 Å². The maximum absolute atomic E-state index is 12.4. The number of likely N-dealkylation sites (tertiary alicyclic amines) is 1. The van der Waals surface area contributed by atoms with Crippen LogP contribution < -0.4 is 15.8 Å². The van der Waals surface area contributed by atoms with Crippen molar-refractivity contribution in [2.24, 2.45) is 5.92 Å². The molecule has 2 amide bonds. The molecule has 0 unspecified atom stereocenters. The molecule has 0 spiro atoms. The van der Waals surface area contributed by atoms with E-state index in [9.17, 15) is 9.59 Å². The minimum absolute atomic E-state index is 0.0634. The molecule has 1 aromatic carbocycles. The van der Waals surface area contributed by atoms with Crippen LogP contribution in [0, 0.1) is 5.92 Å². The Hall–Kier alpha value is -3.10. The smallest absolute Gasteiger partial charge is 0.251 e. The summed E-state index contributed by atoms with van der Waals surface area (Å²) < 4.78 is 6.07. The van der Waals surface area contributed by atoms with Gasteiger partial charge in [0, 0.05) is 50.4 Å². The largest absolute Gasteiger partial charge is 0.490 e. The molecule has 2 aliphatic rings. The number of nitrogen functional groups attached to an aromatic ring is 1. The average Bonchev–Trinajstić information content (AvgIpc) is 3.50. The molecule has 2 heterocycles. The third kappa shape index (κ3) is 5.04. The predicted octanol–water partition coefficient (Wildman–Crippen LogP) is 1.14. The van der Waals surface area contributed by atoms with Crippen molar-refractivity contribution in [3.05, 3.63) is 35.7 Å². The minimum atomic E-state index is -0.173. The number of carbonyl (C=O) groups excluding carboxylic acids is 2. The van der Waals surface area contributed by atoms with Gasteiger partial charge in [-0.15, -0.1) is 5.10 Å². The molecular weight excluding hydrogens is 372 g/mol. The van der Waals surface area contributed by atoms with Crippen LogP contribution >= 0.6 is 0 Å². The second-order valence-corrected chi connectivity index (χ2v) is 7.59. The van der Waals surface area contributed by atoms with E-state index in [0.717, 1.165) is 38.8 Å². The van der Waals surface area contributed by atoms with E-state index in [-0.39, 0.29) is 23.9 Å². The predicted molar refractivity (Wildman–Crippen MR) is 106 cm³/mol. The van der Waals surface area contributed by atoms with Crippen molar-refractivity contribution in [2.75, 3.05) is 25.4 Å². The third-order valence-electron chi connectivity index (χ3n) is 5.28. The lowest BCUT2D eigenvalue weighted by Crippen LogP contribution is -2.42. The van der Waals surface area contributed by atoms with Crippen LogP contribution in [0.5, 0.6) is 5.75 Å². The van der Waals surface area contributed by atoms with Gasteiger partial charge in [-0.3, -0.25) is 14.7 Å². The molecule has 4 N–H and O–H groups in total. The number of piperidine rings is 1. The van der Waals surface area contributed by atoms with Gasteiger partial charge in [0.05, 0.1) is 0 Å².